The highest BCUT2D eigenvalue weighted by Crippen LogP contribution is 2.44. The summed E-state index contributed by atoms with van der Waals surface area (Å²) in [6.45, 7) is 9.01. The summed E-state index contributed by atoms with van der Waals surface area (Å²) >= 11 is 0. The number of nitriles is 1. The standard InChI is InChI=1S/C38H30N2O2/c1-22(2)30-19-26(25-10-6-5-7-11-25)20-31(23(3)4)35(30)28-13-9-15-33-37(28)42-38(40-33)29-14-8-12-27-32-18-24(21-39)16-17-34(32)41-36(27)29/h5-20,22-23H,1-4H3. The molecule has 0 aliphatic rings. The van der Waals surface area contributed by atoms with Crippen LogP contribution in [0.3, 0.4) is 0 Å². The maximum Gasteiger partial charge on any atom is 0.231 e. The lowest BCUT2D eigenvalue weighted by Crippen LogP contribution is -2.01. The number of fused-ring (bicyclic) bond motifs is 4. The molecule has 0 fully saturated rings. The highest BCUT2D eigenvalue weighted by atomic mass is 16.4. The molecular weight excluding hydrogens is 516 g/mol. The van der Waals surface area contributed by atoms with E-state index in [0.717, 1.165) is 38.6 Å². The fraction of sp³-hybridized carbons (Fsp3) is 0.158. The number of hydrogen-bond acceptors (Lipinski definition) is 4. The second-order valence-electron chi connectivity index (χ2n) is 11.5. The Morgan fingerprint density at radius 1 is 0.643 bits per heavy atom. The monoisotopic (exact) mass is 546 g/mol. The van der Waals surface area contributed by atoms with Crippen LogP contribution in [-0.2, 0) is 0 Å². The Kier molecular flexibility index (Phi) is 6.17. The van der Waals surface area contributed by atoms with Crippen molar-refractivity contribution in [1.29, 1.82) is 5.26 Å². The highest BCUT2D eigenvalue weighted by Gasteiger charge is 2.23. The van der Waals surface area contributed by atoms with Crippen LogP contribution in [0.25, 0.3) is 66.7 Å². The molecule has 0 spiro atoms. The van der Waals surface area contributed by atoms with Crippen molar-refractivity contribution >= 4 is 33.0 Å². The van der Waals surface area contributed by atoms with Crippen LogP contribution in [0, 0.1) is 11.3 Å². The zero-order valence-corrected chi connectivity index (χ0v) is 24.1. The van der Waals surface area contributed by atoms with E-state index in [0.29, 0.717) is 28.9 Å². The molecule has 0 unspecified atom stereocenters. The lowest BCUT2D eigenvalue weighted by molar-refractivity contribution is 0.616. The van der Waals surface area contributed by atoms with Crippen LogP contribution in [0.5, 0.6) is 0 Å². The van der Waals surface area contributed by atoms with E-state index in [2.05, 4.69) is 88.4 Å². The molecule has 0 saturated carbocycles. The quantitative estimate of drug-likeness (QED) is 0.215. The van der Waals surface area contributed by atoms with Crippen molar-refractivity contribution in [2.75, 3.05) is 0 Å². The molecule has 0 bridgehead atoms. The molecule has 0 aliphatic heterocycles. The van der Waals surface area contributed by atoms with E-state index < -0.39 is 0 Å². The molecule has 0 atom stereocenters. The van der Waals surface area contributed by atoms with Gasteiger partial charge in [0.15, 0.2) is 5.58 Å². The van der Waals surface area contributed by atoms with Gasteiger partial charge in [-0.1, -0.05) is 94.4 Å². The van der Waals surface area contributed by atoms with Gasteiger partial charge in [0.05, 0.1) is 17.2 Å². The number of hydrogen-bond donors (Lipinski definition) is 0. The summed E-state index contributed by atoms with van der Waals surface area (Å²) in [5.74, 6) is 1.13. The van der Waals surface area contributed by atoms with Crippen LogP contribution < -0.4 is 0 Å². The zero-order valence-electron chi connectivity index (χ0n) is 24.1. The molecular formula is C38H30N2O2. The fourth-order valence-electron chi connectivity index (χ4n) is 6.00. The van der Waals surface area contributed by atoms with Gasteiger partial charge in [0, 0.05) is 16.3 Å². The number of para-hydroxylation sites is 2. The summed E-state index contributed by atoms with van der Waals surface area (Å²) in [5, 5.41) is 11.3. The van der Waals surface area contributed by atoms with Crippen LogP contribution in [0.4, 0.5) is 0 Å². The first-order valence-electron chi connectivity index (χ1n) is 14.4. The molecule has 7 rings (SSSR count). The average Bonchev–Trinajstić information content (AvgIpc) is 3.62. The predicted molar refractivity (Wildman–Crippen MR) is 170 cm³/mol. The number of rotatable bonds is 5. The van der Waals surface area contributed by atoms with Gasteiger partial charge in [-0.25, -0.2) is 4.98 Å². The summed E-state index contributed by atoms with van der Waals surface area (Å²) < 4.78 is 12.9. The molecule has 0 N–H and O–H groups in total. The van der Waals surface area contributed by atoms with Gasteiger partial charge in [0.25, 0.3) is 0 Å². The molecule has 204 valence electrons. The minimum Gasteiger partial charge on any atom is -0.455 e. The Hall–Kier alpha value is -5.14. The molecule has 2 aromatic heterocycles. The van der Waals surface area contributed by atoms with E-state index in [1.165, 1.54) is 27.8 Å². The first-order valence-corrected chi connectivity index (χ1v) is 14.4. The SMILES string of the molecule is CC(C)c1cc(-c2ccccc2)cc(C(C)C)c1-c1cccc2nc(-c3cccc4c3oc3ccc(C#N)cc34)oc12. The Morgan fingerprint density at radius 2 is 1.36 bits per heavy atom. The number of nitrogens with zero attached hydrogens (tertiary/aromatic N) is 2. The summed E-state index contributed by atoms with van der Waals surface area (Å²) in [4.78, 5) is 4.96. The molecule has 42 heavy (non-hydrogen) atoms. The number of aromatic nitrogens is 1. The molecule has 0 radical (unpaired) electrons. The average molecular weight is 547 g/mol. The van der Waals surface area contributed by atoms with Gasteiger partial charge in [0.1, 0.15) is 16.7 Å². The Morgan fingerprint density at radius 3 is 2.07 bits per heavy atom. The second-order valence-corrected chi connectivity index (χ2v) is 11.5. The van der Waals surface area contributed by atoms with E-state index in [1.807, 2.05) is 36.4 Å². The minimum atomic E-state index is 0.307. The van der Waals surface area contributed by atoms with Crippen molar-refractivity contribution in [2.45, 2.75) is 39.5 Å². The topological polar surface area (TPSA) is 63.0 Å². The van der Waals surface area contributed by atoms with E-state index in [4.69, 9.17) is 13.8 Å². The van der Waals surface area contributed by atoms with Gasteiger partial charge >= 0.3 is 0 Å². The van der Waals surface area contributed by atoms with Gasteiger partial charge < -0.3 is 8.83 Å². The van der Waals surface area contributed by atoms with Gasteiger partial charge in [-0.05, 0) is 70.0 Å². The van der Waals surface area contributed by atoms with Crippen molar-refractivity contribution in [3.8, 4) is 39.8 Å². The van der Waals surface area contributed by atoms with Crippen molar-refractivity contribution in [3.05, 3.63) is 114 Å². The van der Waals surface area contributed by atoms with E-state index in [-0.39, 0.29) is 0 Å². The number of furan rings is 1. The first kappa shape index (κ1) is 25.8. The lowest BCUT2D eigenvalue weighted by atomic mass is 9.82. The smallest absolute Gasteiger partial charge is 0.231 e. The first-order chi connectivity index (χ1) is 20.4. The maximum atomic E-state index is 9.41. The molecule has 4 heteroatoms. The van der Waals surface area contributed by atoms with Crippen molar-refractivity contribution < 1.29 is 8.83 Å². The van der Waals surface area contributed by atoms with Crippen LogP contribution in [-0.4, -0.2) is 4.98 Å². The van der Waals surface area contributed by atoms with Crippen molar-refractivity contribution in [3.63, 3.8) is 0 Å². The molecule has 0 saturated heterocycles. The van der Waals surface area contributed by atoms with Crippen molar-refractivity contribution in [1.82, 2.24) is 4.98 Å². The van der Waals surface area contributed by atoms with Crippen molar-refractivity contribution in [2.24, 2.45) is 0 Å². The second kappa shape index (κ2) is 10.0. The minimum absolute atomic E-state index is 0.307. The van der Waals surface area contributed by atoms with Gasteiger partial charge in [-0.3, -0.25) is 0 Å². The number of benzene rings is 5. The normalized spacial score (nSPS) is 11.7. The Labute approximate surface area is 244 Å². The van der Waals surface area contributed by atoms with Gasteiger partial charge in [-0.15, -0.1) is 0 Å². The predicted octanol–water partition coefficient (Wildman–Crippen LogP) is 10.8. The fourth-order valence-corrected chi connectivity index (χ4v) is 6.00. The third kappa shape index (κ3) is 4.17. The molecule has 5 aromatic carbocycles. The summed E-state index contributed by atoms with van der Waals surface area (Å²) in [5.41, 5.74) is 11.7. The van der Waals surface area contributed by atoms with E-state index in [9.17, 15) is 5.26 Å². The van der Waals surface area contributed by atoms with E-state index in [1.54, 1.807) is 6.07 Å². The third-order valence-corrected chi connectivity index (χ3v) is 8.09. The molecule has 2 heterocycles. The zero-order chi connectivity index (χ0) is 29.0. The third-order valence-electron chi connectivity index (χ3n) is 8.09. The number of oxazole rings is 1. The summed E-state index contributed by atoms with van der Waals surface area (Å²) in [6.07, 6.45) is 0. The van der Waals surface area contributed by atoms with Crippen LogP contribution in [0.2, 0.25) is 0 Å². The summed E-state index contributed by atoms with van der Waals surface area (Å²) in [7, 11) is 0. The lowest BCUT2D eigenvalue weighted by Gasteiger charge is -2.22. The Bertz CT molecular complexity index is 2130. The summed E-state index contributed by atoms with van der Waals surface area (Å²) in [6, 6.07) is 35.2. The molecule has 7 aromatic rings. The van der Waals surface area contributed by atoms with E-state index >= 15 is 0 Å². The van der Waals surface area contributed by atoms with Crippen LogP contribution >= 0.6 is 0 Å². The molecule has 0 aliphatic carbocycles. The highest BCUT2D eigenvalue weighted by molar-refractivity contribution is 6.09. The largest absolute Gasteiger partial charge is 0.455 e. The molecule has 4 nitrogen and oxygen atoms in total. The van der Waals surface area contributed by atoms with Gasteiger partial charge in [-0.2, -0.15) is 5.26 Å². The Balaban J connectivity index is 1.45. The maximum absolute atomic E-state index is 9.41. The molecule has 0 amide bonds. The van der Waals surface area contributed by atoms with Gasteiger partial charge in [0.2, 0.25) is 5.89 Å². The van der Waals surface area contributed by atoms with Crippen LogP contribution in [0.1, 0.15) is 56.2 Å². The van der Waals surface area contributed by atoms with Crippen LogP contribution in [0.15, 0.2) is 106 Å².